The fourth-order valence-electron chi connectivity index (χ4n) is 3.03. The van der Waals surface area contributed by atoms with Crippen molar-refractivity contribution >= 4 is 11.0 Å². The highest BCUT2D eigenvalue weighted by atomic mass is 16.5. The number of fused-ring (bicyclic) bond motifs is 1. The predicted molar refractivity (Wildman–Crippen MR) is 85.4 cm³/mol. The lowest BCUT2D eigenvalue weighted by molar-refractivity contribution is 0.0166. The molecule has 1 aromatic heterocycles. The van der Waals surface area contributed by atoms with Crippen LogP contribution in [0.25, 0.3) is 11.0 Å². The molecule has 1 aliphatic heterocycles. The summed E-state index contributed by atoms with van der Waals surface area (Å²) >= 11 is 0. The highest BCUT2D eigenvalue weighted by Crippen LogP contribution is 2.20. The van der Waals surface area contributed by atoms with Gasteiger partial charge in [0.05, 0.1) is 17.1 Å². The molecule has 114 valence electrons. The minimum Gasteiger partial charge on any atom is -0.370 e. The second kappa shape index (κ2) is 6.58. The van der Waals surface area contributed by atoms with E-state index in [1.54, 1.807) is 0 Å². The fraction of sp³-hybridized carbons (Fsp3) is 0.588. The summed E-state index contributed by atoms with van der Waals surface area (Å²) in [4.78, 5) is 4.80. The summed E-state index contributed by atoms with van der Waals surface area (Å²) in [6.07, 6.45) is 3.70. The zero-order valence-electron chi connectivity index (χ0n) is 13.1. The largest absolute Gasteiger partial charge is 0.370 e. The van der Waals surface area contributed by atoms with Gasteiger partial charge in [-0.3, -0.25) is 0 Å². The zero-order valence-corrected chi connectivity index (χ0v) is 13.1. The maximum absolute atomic E-state index is 6.09. The molecule has 1 fully saturated rings. The van der Waals surface area contributed by atoms with E-state index in [1.165, 1.54) is 11.1 Å². The van der Waals surface area contributed by atoms with Crippen molar-refractivity contribution in [3.8, 4) is 0 Å². The van der Waals surface area contributed by atoms with E-state index in [-0.39, 0.29) is 0 Å². The van der Waals surface area contributed by atoms with E-state index < -0.39 is 0 Å². The lowest BCUT2D eigenvalue weighted by atomic mass is 10.1. The Hall–Kier alpha value is -1.39. The summed E-state index contributed by atoms with van der Waals surface area (Å²) in [6.45, 7) is 8.08. The maximum atomic E-state index is 6.09. The number of nitrogens with one attached hydrogen (secondary N) is 1. The maximum Gasteiger partial charge on any atom is 0.136 e. The Morgan fingerprint density at radius 2 is 2.14 bits per heavy atom. The number of nitrogens with zero attached hydrogens (tertiary/aromatic N) is 2. The molecule has 1 saturated heterocycles. The highest BCUT2D eigenvalue weighted by molar-refractivity contribution is 5.76. The predicted octanol–water partition coefficient (Wildman–Crippen LogP) is 3.02. The molecule has 0 aliphatic carbocycles. The van der Waals surface area contributed by atoms with Gasteiger partial charge in [0.25, 0.3) is 0 Å². The lowest BCUT2D eigenvalue weighted by Crippen LogP contribution is -2.32. The summed E-state index contributed by atoms with van der Waals surface area (Å²) in [6, 6.07) is 6.50. The van der Waals surface area contributed by atoms with Gasteiger partial charge >= 0.3 is 0 Å². The molecule has 2 aromatic rings. The molecular weight excluding hydrogens is 262 g/mol. The summed E-state index contributed by atoms with van der Waals surface area (Å²) in [5.41, 5.74) is 3.58. The Morgan fingerprint density at radius 1 is 1.33 bits per heavy atom. The number of aryl methyl sites for hydroxylation is 2. The number of imidazole rings is 1. The van der Waals surface area contributed by atoms with Crippen LogP contribution in [-0.2, 0) is 17.9 Å². The van der Waals surface area contributed by atoms with Crippen LogP contribution < -0.4 is 5.32 Å². The van der Waals surface area contributed by atoms with Gasteiger partial charge < -0.3 is 14.6 Å². The molecule has 1 aliphatic rings. The first kappa shape index (κ1) is 14.5. The van der Waals surface area contributed by atoms with Gasteiger partial charge in [-0.2, -0.15) is 0 Å². The van der Waals surface area contributed by atoms with Crippen molar-refractivity contribution in [2.75, 3.05) is 13.1 Å². The first-order valence-electron chi connectivity index (χ1n) is 8.06. The van der Waals surface area contributed by atoms with Crippen molar-refractivity contribution in [3.63, 3.8) is 0 Å². The standard InChI is InChI=1S/C17H25N3O/c1-3-10-20-16-5-4-13(2)11-15(16)19-17(20)12-21-14-6-8-18-9-7-14/h4-5,11,14,18H,3,6-10,12H2,1-2H3. The third-order valence-corrected chi connectivity index (χ3v) is 4.16. The monoisotopic (exact) mass is 287 g/mol. The SMILES string of the molecule is CCCn1c(COC2CCNCC2)nc2cc(C)ccc21. The Bertz CT molecular complexity index is 599. The smallest absolute Gasteiger partial charge is 0.136 e. The third-order valence-electron chi connectivity index (χ3n) is 4.16. The second-order valence-electron chi connectivity index (χ2n) is 5.93. The van der Waals surface area contributed by atoms with Gasteiger partial charge in [-0.15, -0.1) is 0 Å². The molecule has 2 heterocycles. The molecule has 4 heteroatoms. The Labute approximate surface area is 126 Å². The number of piperidine rings is 1. The Balaban J connectivity index is 1.80. The van der Waals surface area contributed by atoms with E-state index in [9.17, 15) is 0 Å². The van der Waals surface area contributed by atoms with Crippen LogP contribution >= 0.6 is 0 Å². The van der Waals surface area contributed by atoms with Crippen molar-refractivity contribution < 1.29 is 4.74 Å². The van der Waals surface area contributed by atoms with E-state index in [4.69, 9.17) is 9.72 Å². The molecular formula is C17H25N3O. The van der Waals surface area contributed by atoms with Crippen LogP contribution in [0.3, 0.4) is 0 Å². The number of rotatable bonds is 5. The molecule has 1 N–H and O–H groups in total. The molecule has 0 atom stereocenters. The van der Waals surface area contributed by atoms with Gasteiger partial charge in [-0.25, -0.2) is 4.98 Å². The number of ether oxygens (including phenoxy) is 1. The quantitative estimate of drug-likeness (QED) is 0.918. The molecule has 0 radical (unpaired) electrons. The summed E-state index contributed by atoms with van der Waals surface area (Å²) < 4.78 is 8.41. The van der Waals surface area contributed by atoms with Crippen LogP contribution in [0.15, 0.2) is 18.2 Å². The van der Waals surface area contributed by atoms with E-state index in [2.05, 4.69) is 41.9 Å². The number of benzene rings is 1. The van der Waals surface area contributed by atoms with Gasteiger partial charge in [-0.05, 0) is 57.0 Å². The Morgan fingerprint density at radius 3 is 2.90 bits per heavy atom. The third kappa shape index (κ3) is 3.27. The lowest BCUT2D eigenvalue weighted by Gasteiger charge is -2.22. The van der Waals surface area contributed by atoms with E-state index in [0.29, 0.717) is 12.7 Å². The Kier molecular flexibility index (Phi) is 4.56. The summed E-state index contributed by atoms with van der Waals surface area (Å²) in [5.74, 6) is 1.07. The van der Waals surface area contributed by atoms with Crippen LogP contribution in [0, 0.1) is 6.92 Å². The van der Waals surface area contributed by atoms with Crippen molar-refractivity contribution in [1.29, 1.82) is 0 Å². The zero-order chi connectivity index (χ0) is 14.7. The van der Waals surface area contributed by atoms with Gasteiger partial charge in [0.1, 0.15) is 12.4 Å². The average molecular weight is 287 g/mol. The molecule has 21 heavy (non-hydrogen) atoms. The number of hydrogen-bond donors (Lipinski definition) is 1. The van der Waals surface area contributed by atoms with Gasteiger partial charge in [0, 0.05) is 6.54 Å². The molecule has 3 rings (SSSR count). The van der Waals surface area contributed by atoms with Gasteiger partial charge in [0.15, 0.2) is 0 Å². The van der Waals surface area contributed by atoms with Crippen molar-refractivity contribution in [2.45, 2.75) is 52.4 Å². The molecule has 0 unspecified atom stereocenters. The van der Waals surface area contributed by atoms with Gasteiger partial charge in [0.2, 0.25) is 0 Å². The topological polar surface area (TPSA) is 39.1 Å². The average Bonchev–Trinajstić information content (AvgIpc) is 2.84. The minimum absolute atomic E-state index is 0.378. The van der Waals surface area contributed by atoms with Crippen molar-refractivity contribution in [1.82, 2.24) is 14.9 Å². The van der Waals surface area contributed by atoms with Crippen LogP contribution in [0.5, 0.6) is 0 Å². The van der Waals surface area contributed by atoms with E-state index >= 15 is 0 Å². The summed E-state index contributed by atoms with van der Waals surface area (Å²) in [5, 5.41) is 3.37. The van der Waals surface area contributed by atoms with Crippen LogP contribution in [0.1, 0.15) is 37.6 Å². The molecule has 1 aromatic carbocycles. The number of hydrogen-bond acceptors (Lipinski definition) is 3. The first-order valence-corrected chi connectivity index (χ1v) is 8.06. The van der Waals surface area contributed by atoms with Crippen LogP contribution in [0.4, 0.5) is 0 Å². The highest BCUT2D eigenvalue weighted by Gasteiger charge is 2.16. The first-order chi connectivity index (χ1) is 10.3. The van der Waals surface area contributed by atoms with Crippen molar-refractivity contribution in [2.24, 2.45) is 0 Å². The van der Waals surface area contributed by atoms with Crippen LogP contribution in [-0.4, -0.2) is 28.7 Å². The minimum atomic E-state index is 0.378. The van der Waals surface area contributed by atoms with Crippen LogP contribution in [0.2, 0.25) is 0 Å². The molecule has 4 nitrogen and oxygen atoms in total. The summed E-state index contributed by atoms with van der Waals surface area (Å²) in [7, 11) is 0. The molecule has 0 spiro atoms. The van der Waals surface area contributed by atoms with Gasteiger partial charge in [-0.1, -0.05) is 13.0 Å². The molecule has 0 amide bonds. The molecule has 0 bridgehead atoms. The van der Waals surface area contributed by atoms with Crippen molar-refractivity contribution in [3.05, 3.63) is 29.6 Å². The normalized spacial score (nSPS) is 16.7. The molecule has 0 saturated carbocycles. The van der Waals surface area contributed by atoms with E-state index in [0.717, 1.165) is 50.2 Å². The number of aromatic nitrogens is 2. The second-order valence-corrected chi connectivity index (χ2v) is 5.93. The van der Waals surface area contributed by atoms with E-state index in [1.807, 2.05) is 0 Å². The fourth-order valence-corrected chi connectivity index (χ4v) is 3.03.